The fourth-order valence-corrected chi connectivity index (χ4v) is 5.34. The molecule has 2 aliphatic rings. The quantitative estimate of drug-likeness (QED) is 0.530. The van der Waals surface area contributed by atoms with Gasteiger partial charge in [-0.05, 0) is 61.9 Å². The number of piperazine rings is 1. The van der Waals surface area contributed by atoms with Gasteiger partial charge in [0.15, 0.2) is 0 Å². The molecule has 200 valence electrons. The summed E-state index contributed by atoms with van der Waals surface area (Å²) in [6, 6.07) is 15.3. The topological polar surface area (TPSA) is 82.1 Å². The average Bonchev–Trinajstić information content (AvgIpc) is 2.89. The van der Waals surface area contributed by atoms with E-state index in [0.717, 1.165) is 44.0 Å². The molecule has 0 bridgehead atoms. The van der Waals surface area contributed by atoms with Crippen LogP contribution in [0.4, 0.5) is 0 Å². The maximum absolute atomic E-state index is 13.5. The molecule has 2 heterocycles. The van der Waals surface area contributed by atoms with Crippen LogP contribution < -0.4 is 10.1 Å². The van der Waals surface area contributed by atoms with Gasteiger partial charge in [0.05, 0.1) is 6.10 Å². The first kappa shape index (κ1) is 27.1. The van der Waals surface area contributed by atoms with Crippen molar-refractivity contribution in [2.45, 2.75) is 77.6 Å². The summed E-state index contributed by atoms with van der Waals surface area (Å²) in [6.07, 6.45) is 2.07. The van der Waals surface area contributed by atoms with Crippen LogP contribution in [0.1, 0.15) is 57.6 Å². The highest BCUT2D eigenvalue weighted by atomic mass is 16.5. The summed E-state index contributed by atoms with van der Waals surface area (Å²) in [5.41, 5.74) is 1.55. The van der Waals surface area contributed by atoms with Crippen molar-refractivity contribution in [3.63, 3.8) is 0 Å². The Hall–Kier alpha value is -2.90. The van der Waals surface area contributed by atoms with Crippen LogP contribution in [0.15, 0.2) is 48.5 Å². The van der Waals surface area contributed by atoms with Crippen LogP contribution in [0.2, 0.25) is 0 Å². The van der Waals surface area contributed by atoms with E-state index < -0.39 is 17.7 Å². The number of aliphatic hydroxyl groups excluding tert-OH is 1. The van der Waals surface area contributed by atoms with Crippen molar-refractivity contribution >= 4 is 11.8 Å². The second kappa shape index (κ2) is 11.7. The molecule has 37 heavy (non-hydrogen) atoms. The molecule has 7 nitrogen and oxygen atoms in total. The molecule has 2 N–H and O–H groups in total. The van der Waals surface area contributed by atoms with E-state index in [2.05, 4.69) is 36.2 Å². The number of carbonyl (C=O) groups excluding carboxylic acids is 2. The molecule has 2 amide bonds. The number of aliphatic hydroxyl groups is 1. The molecule has 2 aromatic carbocycles. The molecular formula is C30H41N3O4. The number of nitrogens with one attached hydrogen (secondary N) is 1. The number of carbonyl (C=O) groups is 2. The van der Waals surface area contributed by atoms with Crippen LogP contribution in [0.5, 0.6) is 11.5 Å². The summed E-state index contributed by atoms with van der Waals surface area (Å²) >= 11 is 0. The number of rotatable bonds is 9. The van der Waals surface area contributed by atoms with Crippen molar-refractivity contribution in [3.8, 4) is 11.5 Å². The Labute approximate surface area is 220 Å². The predicted molar refractivity (Wildman–Crippen MR) is 144 cm³/mol. The minimum absolute atomic E-state index is 0.119. The number of benzene rings is 2. The summed E-state index contributed by atoms with van der Waals surface area (Å²) in [4.78, 5) is 31.1. The van der Waals surface area contributed by atoms with E-state index >= 15 is 0 Å². The van der Waals surface area contributed by atoms with Gasteiger partial charge in [-0.2, -0.15) is 0 Å². The fraction of sp³-hybridized carbons (Fsp3) is 0.533. The SMILES string of the molecule is CCCCN1C(=O)C(C(O)C(C)C)NC(=O)C12CCN(Cc1ccc(Oc3ccc(C)cc3)cc1)CC2. The molecule has 7 heteroatoms. The van der Waals surface area contributed by atoms with Crippen molar-refractivity contribution < 1.29 is 19.4 Å². The molecule has 0 aromatic heterocycles. The third-order valence-electron chi connectivity index (χ3n) is 7.79. The number of hydrogen-bond donors (Lipinski definition) is 2. The number of nitrogens with zero attached hydrogens (tertiary/aromatic N) is 2. The highest BCUT2D eigenvalue weighted by Crippen LogP contribution is 2.35. The van der Waals surface area contributed by atoms with Crippen molar-refractivity contribution in [3.05, 3.63) is 59.7 Å². The first-order valence-electron chi connectivity index (χ1n) is 13.6. The molecule has 2 aromatic rings. The molecule has 0 radical (unpaired) electrons. The van der Waals surface area contributed by atoms with Gasteiger partial charge in [-0.1, -0.05) is 57.0 Å². The number of hydrogen-bond acceptors (Lipinski definition) is 5. The Kier molecular flexibility index (Phi) is 8.55. The number of amides is 2. The zero-order chi connectivity index (χ0) is 26.6. The van der Waals surface area contributed by atoms with Gasteiger partial charge in [-0.3, -0.25) is 14.5 Å². The van der Waals surface area contributed by atoms with Gasteiger partial charge in [-0.15, -0.1) is 0 Å². The van der Waals surface area contributed by atoms with Crippen LogP contribution in [-0.4, -0.2) is 64.0 Å². The predicted octanol–water partition coefficient (Wildman–Crippen LogP) is 4.27. The number of ether oxygens (including phenoxy) is 1. The zero-order valence-electron chi connectivity index (χ0n) is 22.6. The lowest BCUT2D eigenvalue weighted by Crippen LogP contribution is -2.74. The molecule has 2 fully saturated rings. The lowest BCUT2D eigenvalue weighted by atomic mass is 9.80. The molecular weight excluding hydrogens is 466 g/mol. The highest BCUT2D eigenvalue weighted by Gasteiger charge is 2.54. The van der Waals surface area contributed by atoms with E-state index in [4.69, 9.17) is 4.74 Å². The smallest absolute Gasteiger partial charge is 0.248 e. The van der Waals surface area contributed by atoms with Crippen LogP contribution >= 0.6 is 0 Å². The molecule has 4 rings (SSSR count). The minimum Gasteiger partial charge on any atom is -0.457 e. The second-order valence-electron chi connectivity index (χ2n) is 10.9. The summed E-state index contributed by atoms with van der Waals surface area (Å²) in [5.74, 6) is 1.23. The van der Waals surface area contributed by atoms with Crippen LogP contribution in [0, 0.1) is 12.8 Å². The first-order valence-corrected chi connectivity index (χ1v) is 13.6. The van der Waals surface area contributed by atoms with E-state index in [-0.39, 0.29) is 17.7 Å². The first-order chi connectivity index (χ1) is 17.7. The number of likely N-dealkylation sites (tertiary alicyclic amines) is 1. The maximum atomic E-state index is 13.5. The van der Waals surface area contributed by atoms with Crippen LogP contribution in [0.25, 0.3) is 0 Å². The van der Waals surface area contributed by atoms with E-state index in [1.807, 2.05) is 50.2 Å². The standard InChI is InChI=1S/C30H41N3O4/c1-5-6-17-33-28(35)26(27(34)21(2)3)31-29(36)30(33)15-18-32(19-16-30)20-23-9-13-25(14-10-23)37-24-11-7-22(4)8-12-24/h7-14,21,26-27,34H,5-6,15-20H2,1-4H3,(H,31,36). The van der Waals surface area contributed by atoms with Gasteiger partial charge in [-0.25, -0.2) is 0 Å². The van der Waals surface area contributed by atoms with Crippen LogP contribution in [-0.2, 0) is 16.1 Å². The monoisotopic (exact) mass is 507 g/mol. The molecule has 1 spiro atoms. The molecule has 0 saturated carbocycles. The Balaban J connectivity index is 1.39. The Morgan fingerprint density at radius 2 is 1.62 bits per heavy atom. The van der Waals surface area contributed by atoms with Gasteiger partial charge >= 0.3 is 0 Å². The number of piperidine rings is 1. The van der Waals surface area contributed by atoms with E-state index in [9.17, 15) is 14.7 Å². The molecule has 2 aliphatic heterocycles. The van der Waals surface area contributed by atoms with Gasteiger partial charge in [0, 0.05) is 26.2 Å². The van der Waals surface area contributed by atoms with Crippen molar-refractivity contribution in [2.24, 2.45) is 5.92 Å². The Bertz CT molecular complexity index is 1060. The summed E-state index contributed by atoms with van der Waals surface area (Å²) < 4.78 is 5.95. The summed E-state index contributed by atoms with van der Waals surface area (Å²) in [5, 5.41) is 13.5. The minimum atomic E-state index is -0.893. The Morgan fingerprint density at radius 3 is 2.19 bits per heavy atom. The van der Waals surface area contributed by atoms with E-state index in [0.29, 0.717) is 19.4 Å². The number of aryl methyl sites for hydroxylation is 1. The molecule has 2 atom stereocenters. The van der Waals surface area contributed by atoms with Gasteiger partial charge < -0.3 is 20.1 Å². The lowest BCUT2D eigenvalue weighted by molar-refractivity contribution is -0.165. The Morgan fingerprint density at radius 1 is 1.03 bits per heavy atom. The lowest BCUT2D eigenvalue weighted by Gasteiger charge is -2.52. The summed E-state index contributed by atoms with van der Waals surface area (Å²) in [6.45, 7) is 10.6. The maximum Gasteiger partial charge on any atom is 0.248 e. The largest absolute Gasteiger partial charge is 0.457 e. The second-order valence-corrected chi connectivity index (χ2v) is 10.9. The number of unbranched alkanes of at least 4 members (excludes halogenated alkanes) is 1. The third kappa shape index (κ3) is 5.99. The van der Waals surface area contributed by atoms with Gasteiger partial charge in [0.1, 0.15) is 23.1 Å². The zero-order valence-corrected chi connectivity index (χ0v) is 22.6. The van der Waals surface area contributed by atoms with Gasteiger partial charge in [0.25, 0.3) is 0 Å². The molecule has 2 unspecified atom stereocenters. The average molecular weight is 508 g/mol. The van der Waals surface area contributed by atoms with E-state index in [1.165, 1.54) is 11.1 Å². The van der Waals surface area contributed by atoms with Crippen molar-refractivity contribution in [2.75, 3.05) is 19.6 Å². The van der Waals surface area contributed by atoms with Gasteiger partial charge in [0.2, 0.25) is 11.8 Å². The summed E-state index contributed by atoms with van der Waals surface area (Å²) in [7, 11) is 0. The normalized spacial score (nSPS) is 20.8. The van der Waals surface area contributed by atoms with Crippen LogP contribution in [0.3, 0.4) is 0 Å². The molecule has 0 aliphatic carbocycles. The van der Waals surface area contributed by atoms with Crippen molar-refractivity contribution in [1.82, 2.24) is 15.1 Å². The third-order valence-corrected chi connectivity index (χ3v) is 7.79. The molecule has 2 saturated heterocycles. The highest BCUT2D eigenvalue weighted by molar-refractivity contribution is 6.00. The van der Waals surface area contributed by atoms with Crippen molar-refractivity contribution in [1.29, 1.82) is 0 Å². The van der Waals surface area contributed by atoms with E-state index in [1.54, 1.807) is 4.90 Å². The fourth-order valence-electron chi connectivity index (χ4n) is 5.34.